The Labute approximate surface area is 273 Å². The van der Waals surface area contributed by atoms with E-state index in [1.807, 2.05) is 78.9 Å². The average Bonchev–Trinajstić information content (AvgIpc) is 3.71. The maximum Gasteiger partial charge on any atom is 0.229 e. The normalized spacial score (nSPS) is 20.7. The predicted molar refractivity (Wildman–Crippen MR) is 173 cm³/mol. The summed E-state index contributed by atoms with van der Waals surface area (Å²) in [7, 11) is 3.24. The smallest absolute Gasteiger partial charge is 0.229 e. The van der Waals surface area contributed by atoms with Gasteiger partial charge in [0.25, 0.3) is 0 Å². The second-order valence-corrected chi connectivity index (χ2v) is 11.7. The van der Waals surface area contributed by atoms with Crippen molar-refractivity contribution in [2.75, 3.05) is 20.8 Å². The minimum atomic E-state index is -1.19. The number of amides is 1. The number of aliphatic imine (C=N–C) groups is 1. The van der Waals surface area contributed by atoms with Crippen molar-refractivity contribution in [3.63, 3.8) is 0 Å². The first-order chi connectivity index (χ1) is 22.8. The number of hydrogen-bond donors (Lipinski definition) is 4. The molecule has 1 aromatic heterocycles. The standard InChI is InChI=1S/C35H39N5O7/c1-21(2)32(42)38-34-37-31-30(33(43)39-34)36-20-40(31)29-18-27(28(19-41)46-29)47-35(22-8-6-5-7-9-22,23-10-14-25(44-3)15-11-23)24-12-16-26(45-4)17-13-24/h5-17,20-21,27-29,33,41,43H,18-19H2,1-4H3,(H2,37,38,39,42)/t27-,28+,29+,33?/m0/s1. The number of aliphatic hydroxyl groups excluding tert-OH is 2. The number of guanidine groups is 1. The second kappa shape index (κ2) is 13.5. The van der Waals surface area contributed by atoms with Crippen LogP contribution in [-0.2, 0) is 19.9 Å². The number of hydrogen-bond acceptors (Lipinski definition) is 10. The Bertz CT molecular complexity index is 1660. The minimum Gasteiger partial charge on any atom is -0.497 e. The van der Waals surface area contributed by atoms with E-state index in [1.54, 1.807) is 32.6 Å². The van der Waals surface area contributed by atoms with Gasteiger partial charge in [-0.25, -0.2) is 4.98 Å². The number of methoxy groups -OCH3 is 2. The van der Waals surface area contributed by atoms with Crippen LogP contribution in [0.5, 0.6) is 11.5 Å². The van der Waals surface area contributed by atoms with E-state index in [4.69, 9.17) is 18.9 Å². The number of nitrogens with one attached hydrogen (secondary N) is 2. The lowest BCUT2D eigenvalue weighted by molar-refractivity contribution is -0.122. The third-order valence-corrected chi connectivity index (χ3v) is 8.48. The number of rotatable bonds is 10. The number of carbonyl (C=O) groups is 1. The van der Waals surface area contributed by atoms with Crippen LogP contribution in [0.3, 0.4) is 0 Å². The first kappa shape index (κ1) is 32.2. The molecule has 3 aromatic carbocycles. The number of imidazole rings is 1. The van der Waals surface area contributed by atoms with Gasteiger partial charge in [0, 0.05) is 12.3 Å². The molecule has 4 N–H and O–H groups in total. The first-order valence-corrected chi connectivity index (χ1v) is 15.5. The van der Waals surface area contributed by atoms with Crippen LogP contribution in [0, 0.1) is 5.92 Å². The van der Waals surface area contributed by atoms with Crippen molar-refractivity contribution in [3.05, 3.63) is 108 Å². The number of aliphatic hydroxyl groups is 2. The number of aromatic nitrogens is 2. The summed E-state index contributed by atoms with van der Waals surface area (Å²) in [6.45, 7) is 3.22. The maximum absolute atomic E-state index is 12.4. The molecule has 1 unspecified atom stereocenters. The summed E-state index contributed by atoms with van der Waals surface area (Å²) in [5.41, 5.74) is 1.73. The predicted octanol–water partition coefficient (Wildman–Crippen LogP) is 3.91. The summed E-state index contributed by atoms with van der Waals surface area (Å²) in [5.74, 6) is 1.31. The van der Waals surface area contributed by atoms with Crippen LogP contribution >= 0.6 is 0 Å². The molecule has 47 heavy (non-hydrogen) atoms. The monoisotopic (exact) mass is 641 g/mol. The molecule has 4 aromatic rings. The molecule has 1 saturated heterocycles. The third-order valence-electron chi connectivity index (χ3n) is 8.48. The molecule has 0 radical (unpaired) electrons. The maximum atomic E-state index is 12.4. The molecule has 1 fully saturated rings. The summed E-state index contributed by atoms with van der Waals surface area (Å²) in [6, 6.07) is 25.3. The van der Waals surface area contributed by atoms with Gasteiger partial charge in [-0.3, -0.25) is 14.7 Å². The minimum absolute atomic E-state index is 0.108. The van der Waals surface area contributed by atoms with Gasteiger partial charge < -0.3 is 34.5 Å². The number of fused-ring (bicyclic) bond motifs is 1. The largest absolute Gasteiger partial charge is 0.497 e. The Morgan fingerprint density at radius 2 is 1.60 bits per heavy atom. The average molecular weight is 642 g/mol. The molecule has 3 heterocycles. The summed E-state index contributed by atoms with van der Waals surface area (Å²) in [4.78, 5) is 21.3. The highest BCUT2D eigenvalue weighted by atomic mass is 16.6. The van der Waals surface area contributed by atoms with Crippen molar-refractivity contribution >= 4 is 17.7 Å². The van der Waals surface area contributed by atoms with Crippen LogP contribution in [0.1, 0.15) is 55.1 Å². The molecule has 12 nitrogen and oxygen atoms in total. The van der Waals surface area contributed by atoms with Crippen LogP contribution in [0.4, 0.5) is 5.82 Å². The van der Waals surface area contributed by atoms with Crippen molar-refractivity contribution < 1.29 is 34.0 Å². The highest BCUT2D eigenvalue weighted by Gasteiger charge is 2.46. The van der Waals surface area contributed by atoms with Gasteiger partial charge in [0.05, 0.1) is 33.3 Å². The Morgan fingerprint density at radius 1 is 1.00 bits per heavy atom. The van der Waals surface area contributed by atoms with Crippen LogP contribution < -0.4 is 20.1 Å². The molecule has 1 amide bonds. The van der Waals surface area contributed by atoms with E-state index in [0.717, 1.165) is 16.7 Å². The summed E-state index contributed by atoms with van der Waals surface area (Å²) >= 11 is 0. The van der Waals surface area contributed by atoms with Gasteiger partial charge in [0.15, 0.2) is 12.0 Å². The molecular formula is C35H39N5O7. The number of ether oxygens (including phenoxy) is 4. The molecule has 2 aliphatic rings. The Kier molecular flexibility index (Phi) is 9.28. The summed E-state index contributed by atoms with van der Waals surface area (Å²) in [5, 5.41) is 26.8. The molecule has 246 valence electrons. The van der Waals surface area contributed by atoms with E-state index in [2.05, 4.69) is 20.6 Å². The van der Waals surface area contributed by atoms with Crippen LogP contribution in [0.15, 0.2) is 90.2 Å². The SMILES string of the molecule is COc1ccc(C(O[C@H]2C[C@H](n3cnc4c3N=C(NC(=O)C(C)C)NC4O)O[C@@H]2CO)(c2ccccc2)c2ccc(OC)cc2)cc1. The van der Waals surface area contributed by atoms with Gasteiger partial charge in [0.1, 0.15) is 35.1 Å². The van der Waals surface area contributed by atoms with Crippen LogP contribution in [0.25, 0.3) is 0 Å². The van der Waals surface area contributed by atoms with Gasteiger partial charge in [-0.05, 0) is 41.0 Å². The molecular weight excluding hydrogens is 602 g/mol. The van der Waals surface area contributed by atoms with E-state index in [9.17, 15) is 15.0 Å². The number of benzene rings is 3. The van der Waals surface area contributed by atoms with Gasteiger partial charge in [-0.1, -0.05) is 68.4 Å². The second-order valence-electron chi connectivity index (χ2n) is 11.7. The number of carbonyl (C=O) groups excluding carboxylic acids is 1. The lowest BCUT2D eigenvalue weighted by Gasteiger charge is -2.39. The van der Waals surface area contributed by atoms with Crippen LogP contribution in [0.2, 0.25) is 0 Å². The van der Waals surface area contributed by atoms with Gasteiger partial charge >= 0.3 is 0 Å². The molecule has 4 atom stereocenters. The van der Waals surface area contributed by atoms with Crippen molar-refractivity contribution in [2.24, 2.45) is 10.9 Å². The zero-order chi connectivity index (χ0) is 33.1. The Morgan fingerprint density at radius 3 is 2.15 bits per heavy atom. The fourth-order valence-corrected chi connectivity index (χ4v) is 5.96. The van der Waals surface area contributed by atoms with Gasteiger partial charge in [-0.2, -0.15) is 4.99 Å². The summed E-state index contributed by atoms with van der Waals surface area (Å²) < 4.78 is 26.3. The Hall–Kier alpha value is -4.75. The lowest BCUT2D eigenvalue weighted by atomic mass is 9.79. The van der Waals surface area contributed by atoms with Crippen LogP contribution in [-0.4, -0.2) is 64.7 Å². The fourth-order valence-electron chi connectivity index (χ4n) is 5.96. The van der Waals surface area contributed by atoms with E-state index >= 15 is 0 Å². The van der Waals surface area contributed by atoms with E-state index in [1.165, 1.54) is 6.33 Å². The lowest BCUT2D eigenvalue weighted by Crippen LogP contribution is -2.45. The molecule has 0 bridgehead atoms. The van der Waals surface area contributed by atoms with E-state index < -0.39 is 30.3 Å². The molecule has 12 heteroatoms. The van der Waals surface area contributed by atoms with Crippen molar-refractivity contribution in [1.82, 2.24) is 20.2 Å². The van der Waals surface area contributed by atoms with Crippen molar-refractivity contribution in [1.29, 1.82) is 0 Å². The molecule has 0 spiro atoms. The highest BCUT2D eigenvalue weighted by molar-refractivity contribution is 5.99. The van der Waals surface area contributed by atoms with Gasteiger partial charge in [-0.15, -0.1) is 0 Å². The zero-order valence-electron chi connectivity index (χ0n) is 26.7. The van der Waals surface area contributed by atoms with E-state index in [0.29, 0.717) is 23.7 Å². The van der Waals surface area contributed by atoms with Gasteiger partial charge in [0.2, 0.25) is 11.9 Å². The summed E-state index contributed by atoms with van der Waals surface area (Å²) in [6.07, 6.45) is -1.31. The zero-order valence-corrected chi connectivity index (χ0v) is 26.7. The van der Waals surface area contributed by atoms with E-state index in [-0.39, 0.29) is 30.1 Å². The van der Waals surface area contributed by atoms with Crippen molar-refractivity contribution in [3.8, 4) is 11.5 Å². The fraction of sp³-hybridized carbons (Fsp3) is 0.343. The highest BCUT2D eigenvalue weighted by Crippen LogP contribution is 2.46. The molecule has 0 saturated carbocycles. The number of nitrogens with zero attached hydrogens (tertiary/aromatic N) is 3. The first-order valence-electron chi connectivity index (χ1n) is 15.5. The topological polar surface area (TPSA) is 149 Å². The molecule has 6 rings (SSSR count). The van der Waals surface area contributed by atoms with Crippen molar-refractivity contribution in [2.45, 2.75) is 50.5 Å². The third kappa shape index (κ3) is 6.20. The Balaban J connectivity index is 1.41. The quantitative estimate of drug-likeness (QED) is 0.189. The molecule has 0 aliphatic carbocycles. The molecule has 2 aliphatic heterocycles.